The fraction of sp³-hybridized carbons (Fsp3) is 0. The van der Waals surface area contributed by atoms with Crippen LogP contribution < -0.4 is 5.14 Å². The van der Waals surface area contributed by atoms with Crippen LogP contribution in [0.5, 0.6) is 5.75 Å². The van der Waals surface area contributed by atoms with Gasteiger partial charge in [-0.1, -0.05) is 0 Å². The molecule has 6 nitrogen and oxygen atoms in total. The molecule has 18 heavy (non-hydrogen) atoms. The van der Waals surface area contributed by atoms with Crippen molar-refractivity contribution in [3.63, 3.8) is 0 Å². The SMILES string of the molecule is NS(=O)(=O)c1cc(C(=O)c2ccc(O)cc2)co1. The van der Waals surface area contributed by atoms with Gasteiger partial charge < -0.3 is 9.52 Å². The van der Waals surface area contributed by atoms with E-state index in [9.17, 15) is 13.2 Å². The molecule has 3 N–H and O–H groups in total. The van der Waals surface area contributed by atoms with Gasteiger partial charge in [0.25, 0.3) is 10.0 Å². The molecule has 0 atom stereocenters. The monoisotopic (exact) mass is 267 g/mol. The first-order chi connectivity index (χ1) is 8.38. The van der Waals surface area contributed by atoms with Gasteiger partial charge >= 0.3 is 0 Å². The maximum absolute atomic E-state index is 11.9. The Balaban J connectivity index is 2.35. The number of carbonyl (C=O) groups is 1. The minimum Gasteiger partial charge on any atom is -0.508 e. The average molecular weight is 267 g/mol. The number of benzene rings is 1. The van der Waals surface area contributed by atoms with Gasteiger partial charge in [-0.25, -0.2) is 13.6 Å². The van der Waals surface area contributed by atoms with Gasteiger partial charge in [-0.05, 0) is 24.3 Å². The Morgan fingerprint density at radius 2 is 1.78 bits per heavy atom. The zero-order valence-electron chi connectivity index (χ0n) is 9.03. The minimum atomic E-state index is -3.96. The molecule has 0 saturated heterocycles. The van der Waals surface area contributed by atoms with Crippen molar-refractivity contribution in [2.75, 3.05) is 0 Å². The molecule has 2 aromatic rings. The van der Waals surface area contributed by atoms with E-state index in [0.29, 0.717) is 5.56 Å². The second-order valence-corrected chi connectivity index (χ2v) is 5.07. The Labute approximate surface area is 103 Å². The van der Waals surface area contributed by atoms with Gasteiger partial charge in [0.2, 0.25) is 5.09 Å². The maximum atomic E-state index is 11.9. The van der Waals surface area contributed by atoms with Gasteiger partial charge in [-0.15, -0.1) is 0 Å². The molecule has 94 valence electrons. The topological polar surface area (TPSA) is 111 Å². The first kappa shape index (κ1) is 12.3. The number of sulfonamides is 1. The van der Waals surface area contributed by atoms with Gasteiger partial charge in [0, 0.05) is 11.6 Å². The summed E-state index contributed by atoms with van der Waals surface area (Å²) < 4.78 is 26.7. The molecule has 0 radical (unpaired) electrons. The van der Waals surface area contributed by atoms with E-state index in [1.165, 1.54) is 24.3 Å². The van der Waals surface area contributed by atoms with E-state index >= 15 is 0 Å². The van der Waals surface area contributed by atoms with Crippen molar-refractivity contribution in [2.45, 2.75) is 5.09 Å². The van der Waals surface area contributed by atoms with Crippen molar-refractivity contribution >= 4 is 15.8 Å². The molecular formula is C11H9NO5S. The number of hydrogen-bond acceptors (Lipinski definition) is 5. The number of phenolic OH excluding ortho intramolecular Hbond substituents is 1. The smallest absolute Gasteiger partial charge is 0.271 e. The summed E-state index contributed by atoms with van der Waals surface area (Å²) in [7, 11) is -3.96. The first-order valence-corrected chi connectivity index (χ1v) is 6.37. The number of aromatic hydroxyl groups is 1. The van der Waals surface area contributed by atoms with E-state index in [4.69, 9.17) is 14.7 Å². The molecule has 0 saturated carbocycles. The zero-order chi connectivity index (χ0) is 13.3. The molecule has 0 unspecified atom stereocenters. The molecule has 1 heterocycles. The third-order valence-electron chi connectivity index (χ3n) is 2.25. The lowest BCUT2D eigenvalue weighted by Gasteiger charge is -1.97. The normalized spacial score (nSPS) is 11.4. The van der Waals surface area contributed by atoms with Gasteiger partial charge in [0.1, 0.15) is 12.0 Å². The largest absolute Gasteiger partial charge is 0.508 e. The third kappa shape index (κ3) is 2.41. The summed E-state index contributed by atoms with van der Waals surface area (Å²) >= 11 is 0. The van der Waals surface area contributed by atoms with Gasteiger partial charge in [-0.2, -0.15) is 0 Å². The van der Waals surface area contributed by atoms with Crippen LogP contribution in [0.2, 0.25) is 0 Å². The zero-order valence-corrected chi connectivity index (χ0v) is 9.85. The second kappa shape index (κ2) is 4.28. The Hall–Kier alpha value is -2.12. The Kier molecular flexibility index (Phi) is 2.93. The number of furan rings is 1. The molecule has 0 aliphatic carbocycles. The van der Waals surface area contributed by atoms with Crippen molar-refractivity contribution in [3.05, 3.63) is 47.7 Å². The fourth-order valence-corrected chi connectivity index (χ4v) is 1.84. The summed E-state index contributed by atoms with van der Waals surface area (Å²) in [6, 6.07) is 6.61. The number of hydrogen-bond donors (Lipinski definition) is 2. The van der Waals surface area contributed by atoms with Gasteiger partial charge in [-0.3, -0.25) is 4.79 Å². The molecule has 1 aromatic carbocycles. The van der Waals surface area contributed by atoms with E-state index in [1.807, 2.05) is 0 Å². The van der Waals surface area contributed by atoms with Crippen LogP contribution in [0.4, 0.5) is 0 Å². The van der Waals surface area contributed by atoms with Crippen LogP contribution in [0.25, 0.3) is 0 Å². The van der Waals surface area contributed by atoms with Crippen molar-refractivity contribution in [1.82, 2.24) is 0 Å². The molecule has 0 bridgehead atoms. The average Bonchev–Trinajstić information content (AvgIpc) is 2.78. The Bertz CT molecular complexity index is 684. The molecular weight excluding hydrogens is 258 g/mol. The van der Waals surface area contributed by atoms with E-state index < -0.39 is 20.9 Å². The third-order valence-corrected chi connectivity index (χ3v) is 3.02. The molecule has 1 aromatic heterocycles. The Morgan fingerprint density at radius 3 is 2.28 bits per heavy atom. The van der Waals surface area contributed by atoms with E-state index in [1.54, 1.807) is 0 Å². The summed E-state index contributed by atoms with van der Waals surface area (Å²) in [5.74, 6) is -0.391. The molecule has 0 aliphatic heterocycles. The van der Waals surface area contributed by atoms with E-state index in [-0.39, 0.29) is 11.3 Å². The lowest BCUT2D eigenvalue weighted by molar-refractivity contribution is 0.103. The predicted molar refractivity (Wildman–Crippen MR) is 61.6 cm³/mol. The van der Waals surface area contributed by atoms with Gasteiger partial charge in [0.15, 0.2) is 5.78 Å². The number of phenols is 1. The van der Waals surface area contributed by atoms with Crippen molar-refractivity contribution in [1.29, 1.82) is 0 Å². The van der Waals surface area contributed by atoms with Crippen LogP contribution in [0.3, 0.4) is 0 Å². The van der Waals surface area contributed by atoms with Crippen molar-refractivity contribution < 1.29 is 22.7 Å². The summed E-state index contributed by atoms with van der Waals surface area (Å²) in [6.45, 7) is 0. The first-order valence-electron chi connectivity index (χ1n) is 4.83. The summed E-state index contributed by atoms with van der Waals surface area (Å²) in [6.07, 6.45) is 1.02. The number of nitrogens with two attached hydrogens (primary N) is 1. The number of primary sulfonamides is 1. The number of ketones is 1. The molecule has 0 fully saturated rings. The molecule has 2 rings (SSSR count). The lowest BCUT2D eigenvalue weighted by atomic mass is 10.1. The van der Waals surface area contributed by atoms with Crippen LogP contribution in [-0.2, 0) is 10.0 Å². The maximum Gasteiger partial charge on any atom is 0.271 e. The molecule has 0 amide bonds. The molecule has 0 spiro atoms. The van der Waals surface area contributed by atoms with Gasteiger partial charge in [0.05, 0.1) is 5.56 Å². The molecule has 7 heteroatoms. The minimum absolute atomic E-state index is 0.0315. The predicted octanol–water partition coefficient (Wildman–Crippen LogP) is 0.864. The van der Waals surface area contributed by atoms with Crippen LogP contribution >= 0.6 is 0 Å². The highest BCUT2D eigenvalue weighted by Crippen LogP contribution is 2.17. The van der Waals surface area contributed by atoms with Crippen LogP contribution in [-0.4, -0.2) is 19.3 Å². The van der Waals surface area contributed by atoms with Crippen molar-refractivity contribution in [3.8, 4) is 5.75 Å². The summed E-state index contributed by atoms with van der Waals surface area (Å²) in [5.41, 5.74) is 0.374. The quantitative estimate of drug-likeness (QED) is 0.801. The highest BCUT2D eigenvalue weighted by atomic mass is 32.2. The Morgan fingerprint density at radius 1 is 1.17 bits per heavy atom. The summed E-state index contributed by atoms with van der Waals surface area (Å²) in [5, 5.41) is 13.5. The fourth-order valence-electron chi connectivity index (χ4n) is 1.36. The standard InChI is InChI=1S/C11H9NO5S/c12-18(15,16)10-5-8(6-17-10)11(14)7-1-3-9(13)4-2-7/h1-6,13H,(H2,12,15,16). The highest BCUT2D eigenvalue weighted by Gasteiger charge is 2.18. The van der Waals surface area contributed by atoms with E-state index in [0.717, 1.165) is 12.3 Å². The van der Waals surface area contributed by atoms with E-state index in [2.05, 4.69) is 0 Å². The number of rotatable bonds is 3. The van der Waals surface area contributed by atoms with Crippen LogP contribution in [0, 0.1) is 0 Å². The van der Waals surface area contributed by atoms with Crippen molar-refractivity contribution in [2.24, 2.45) is 5.14 Å². The van der Waals surface area contributed by atoms with Crippen LogP contribution in [0.1, 0.15) is 15.9 Å². The highest BCUT2D eigenvalue weighted by molar-refractivity contribution is 7.89. The van der Waals surface area contributed by atoms with Crippen LogP contribution in [0.15, 0.2) is 46.1 Å². The molecule has 0 aliphatic rings. The second-order valence-electron chi connectivity index (χ2n) is 3.58. The number of carbonyl (C=O) groups excluding carboxylic acids is 1. The lowest BCUT2D eigenvalue weighted by Crippen LogP contribution is -2.11. The summed E-state index contributed by atoms with van der Waals surface area (Å²) in [4.78, 5) is 11.9.